The van der Waals surface area contributed by atoms with Gasteiger partial charge in [0.1, 0.15) is 0 Å². The number of urea groups is 2. The average Bonchev–Trinajstić information content (AvgIpc) is 2.61. The highest BCUT2D eigenvalue weighted by atomic mass is 16.5. The van der Waals surface area contributed by atoms with E-state index in [1.54, 1.807) is 13.8 Å². The van der Waals surface area contributed by atoms with Gasteiger partial charge in [-0.15, -0.1) is 0 Å². The van der Waals surface area contributed by atoms with E-state index in [9.17, 15) is 19.6 Å². The smallest absolute Gasteiger partial charge is 0.339 e. The van der Waals surface area contributed by atoms with Crippen LogP contribution < -0.4 is 16.6 Å². The van der Waals surface area contributed by atoms with E-state index in [1.807, 2.05) is 5.43 Å². The lowest BCUT2D eigenvalue weighted by molar-refractivity contribution is -0.130. The van der Waals surface area contributed by atoms with Gasteiger partial charge in [0.25, 0.3) is 0 Å². The van der Waals surface area contributed by atoms with Gasteiger partial charge in [-0.2, -0.15) is 5.06 Å². The maximum Gasteiger partial charge on any atom is 0.342 e. The van der Waals surface area contributed by atoms with Crippen LogP contribution in [0.1, 0.15) is 20.3 Å². The fraction of sp³-hybridized carbons (Fsp3) is 0.727. The lowest BCUT2D eigenvalue weighted by Gasteiger charge is -2.37. The number of hydrogen-bond acceptors (Lipinski definition) is 5. The molecule has 5 N–H and O–H groups in total. The molecule has 0 aromatic heterocycles. The van der Waals surface area contributed by atoms with Gasteiger partial charge in [-0.1, -0.05) is 0 Å². The first-order valence-electron chi connectivity index (χ1n) is 6.42. The highest BCUT2D eigenvalue weighted by Crippen LogP contribution is 2.33. The number of nitrogens with zero attached hydrogens (tertiary/aromatic N) is 3. The van der Waals surface area contributed by atoms with Gasteiger partial charge in [-0.25, -0.2) is 15.4 Å². The summed E-state index contributed by atoms with van der Waals surface area (Å²) in [5, 5.41) is 12.7. The fourth-order valence-electron chi connectivity index (χ4n) is 2.51. The van der Waals surface area contributed by atoms with Gasteiger partial charge in [0, 0.05) is 27.1 Å². The number of likely N-dealkylation sites (N-methyl/N-ethyl adjacent to an activating group) is 1. The van der Waals surface area contributed by atoms with Crippen LogP contribution >= 0.6 is 0 Å². The number of hydrogen-bond donors (Lipinski definition) is 4. The number of carbonyl (C=O) groups excluding carboxylic acids is 3. The lowest BCUT2D eigenvalue weighted by Crippen LogP contribution is -2.58. The third-order valence-corrected chi connectivity index (χ3v) is 3.60. The molecule has 5 amide bonds. The predicted octanol–water partition coefficient (Wildman–Crippen LogP) is -1.13. The van der Waals surface area contributed by atoms with Crippen molar-refractivity contribution in [2.45, 2.75) is 32.0 Å². The predicted molar refractivity (Wildman–Crippen MR) is 72.8 cm³/mol. The zero-order valence-corrected chi connectivity index (χ0v) is 12.6. The minimum absolute atomic E-state index is 0.0254. The summed E-state index contributed by atoms with van der Waals surface area (Å²) in [6, 6.07) is -1.12. The van der Waals surface area contributed by atoms with Crippen molar-refractivity contribution in [1.29, 1.82) is 0 Å². The second-order valence-corrected chi connectivity index (χ2v) is 5.29. The van der Waals surface area contributed by atoms with Crippen LogP contribution in [0, 0.1) is 0 Å². The molecule has 120 valence electrons. The van der Waals surface area contributed by atoms with Crippen molar-refractivity contribution in [3.05, 3.63) is 0 Å². The molecule has 0 bridgehead atoms. The van der Waals surface area contributed by atoms with Gasteiger partial charge in [0.15, 0.2) is 6.17 Å². The van der Waals surface area contributed by atoms with Gasteiger partial charge in [-0.3, -0.25) is 15.4 Å². The first-order valence-corrected chi connectivity index (χ1v) is 6.42. The van der Waals surface area contributed by atoms with Crippen molar-refractivity contribution >= 4 is 18.0 Å². The Morgan fingerprint density at radius 2 is 2.05 bits per heavy atom. The molecule has 10 heteroatoms. The third-order valence-electron chi connectivity index (χ3n) is 3.60. The van der Waals surface area contributed by atoms with Crippen LogP contribution in [0.2, 0.25) is 0 Å². The molecule has 1 heterocycles. The van der Waals surface area contributed by atoms with E-state index in [-0.39, 0.29) is 13.0 Å². The summed E-state index contributed by atoms with van der Waals surface area (Å²) in [4.78, 5) is 37.7. The van der Waals surface area contributed by atoms with Gasteiger partial charge in [0.2, 0.25) is 5.91 Å². The van der Waals surface area contributed by atoms with Crippen molar-refractivity contribution in [2.75, 3.05) is 20.6 Å². The zero-order valence-electron chi connectivity index (χ0n) is 12.6. The monoisotopic (exact) mass is 302 g/mol. The molecular formula is C11H22N6O4. The third kappa shape index (κ3) is 3.00. The minimum Gasteiger partial charge on any atom is -0.339 e. The SMILES string of the molecule is CNC(=O)N(O)C1N(C)C(=O)N(CCC(=O)NN)C1(C)C. The summed E-state index contributed by atoms with van der Waals surface area (Å²) in [6.07, 6.45) is -0.858. The van der Waals surface area contributed by atoms with E-state index in [0.717, 1.165) is 0 Å². The molecule has 0 radical (unpaired) electrons. The highest BCUT2D eigenvalue weighted by Gasteiger charge is 2.53. The topological polar surface area (TPSA) is 131 Å². The largest absolute Gasteiger partial charge is 0.342 e. The Hall–Kier alpha value is -2.07. The van der Waals surface area contributed by atoms with Crippen LogP contribution in [-0.2, 0) is 4.79 Å². The number of nitrogens with one attached hydrogen (secondary N) is 2. The molecule has 0 saturated carbocycles. The Morgan fingerprint density at radius 1 is 1.48 bits per heavy atom. The molecular weight excluding hydrogens is 280 g/mol. The first kappa shape index (κ1) is 17.0. The normalized spacial score (nSPS) is 20.5. The van der Waals surface area contributed by atoms with Gasteiger partial charge >= 0.3 is 12.1 Å². The van der Waals surface area contributed by atoms with E-state index in [2.05, 4.69) is 5.32 Å². The van der Waals surface area contributed by atoms with E-state index in [1.165, 1.54) is 23.9 Å². The van der Waals surface area contributed by atoms with Gasteiger partial charge < -0.3 is 15.1 Å². The van der Waals surface area contributed by atoms with Crippen molar-refractivity contribution in [3.8, 4) is 0 Å². The van der Waals surface area contributed by atoms with Gasteiger partial charge in [0.05, 0.1) is 5.54 Å². The van der Waals surface area contributed by atoms with Crippen molar-refractivity contribution in [3.63, 3.8) is 0 Å². The van der Waals surface area contributed by atoms with Crippen LogP contribution in [-0.4, -0.2) is 70.4 Å². The second-order valence-electron chi connectivity index (χ2n) is 5.29. The van der Waals surface area contributed by atoms with Crippen LogP contribution in [0.4, 0.5) is 9.59 Å². The Labute approximate surface area is 122 Å². The molecule has 1 rings (SSSR count). The Balaban J connectivity index is 2.96. The Morgan fingerprint density at radius 3 is 2.52 bits per heavy atom. The zero-order chi connectivity index (χ0) is 16.4. The van der Waals surface area contributed by atoms with E-state index in [4.69, 9.17) is 5.84 Å². The Bertz CT molecular complexity index is 440. The summed E-state index contributed by atoms with van der Waals surface area (Å²) in [5.74, 6) is 4.60. The molecule has 10 nitrogen and oxygen atoms in total. The summed E-state index contributed by atoms with van der Waals surface area (Å²) in [7, 11) is 2.85. The molecule has 21 heavy (non-hydrogen) atoms. The first-order chi connectivity index (χ1) is 9.68. The summed E-state index contributed by atoms with van der Waals surface area (Å²) >= 11 is 0. The molecule has 1 atom stereocenters. The maximum absolute atomic E-state index is 12.3. The molecule has 1 aliphatic rings. The van der Waals surface area contributed by atoms with Crippen LogP contribution in [0.25, 0.3) is 0 Å². The number of carbonyl (C=O) groups is 3. The summed E-state index contributed by atoms with van der Waals surface area (Å²) in [6.45, 7) is 3.52. The number of hydrazine groups is 1. The average molecular weight is 302 g/mol. The quantitative estimate of drug-likeness (QED) is 0.226. The highest BCUT2D eigenvalue weighted by molar-refractivity contribution is 5.82. The van der Waals surface area contributed by atoms with Crippen LogP contribution in [0.3, 0.4) is 0 Å². The maximum atomic E-state index is 12.3. The molecule has 1 fully saturated rings. The number of hydroxylamine groups is 2. The van der Waals surface area contributed by atoms with E-state index < -0.39 is 29.7 Å². The molecule has 1 unspecified atom stereocenters. The molecule has 0 spiro atoms. The number of rotatable bonds is 4. The molecule has 1 saturated heterocycles. The number of nitrogens with two attached hydrogens (primary N) is 1. The van der Waals surface area contributed by atoms with E-state index >= 15 is 0 Å². The van der Waals surface area contributed by atoms with Crippen LogP contribution in [0.5, 0.6) is 0 Å². The Kier molecular flexibility index (Phi) is 4.97. The minimum atomic E-state index is -0.887. The second kappa shape index (κ2) is 6.14. The van der Waals surface area contributed by atoms with Gasteiger partial charge in [-0.05, 0) is 13.8 Å². The molecule has 0 aliphatic carbocycles. The van der Waals surface area contributed by atoms with Crippen LogP contribution in [0.15, 0.2) is 0 Å². The van der Waals surface area contributed by atoms with Crippen molar-refractivity contribution in [2.24, 2.45) is 5.84 Å². The molecule has 1 aliphatic heterocycles. The van der Waals surface area contributed by atoms with Crippen molar-refractivity contribution < 1.29 is 19.6 Å². The molecule has 0 aromatic rings. The number of amides is 5. The fourth-order valence-corrected chi connectivity index (χ4v) is 2.51. The lowest BCUT2D eigenvalue weighted by atomic mass is 10.00. The summed E-state index contributed by atoms with van der Waals surface area (Å²) < 4.78 is 0. The van der Waals surface area contributed by atoms with Crippen molar-refractivity contribution in [1.82, 2.24) is 25.6 Å². The summed E-state index contributed by atoms with van der Waals surface area (Å²) in [5.41, 5.74) is 1.10. The van der Waals surface area contributed by atoms with E-state index in [0.29, 0.717) is 5.06 Å². The standard InChI is InChI=1S/C11H22N6O4/c1-11(2)8(17(21)9(19)13-3)15(4)10(20)16(11)6-5-7(18)14-12/h8,21H,5-6,12H2,1-4H3,(H,13,19)(H,14,18). The molecule has 0 aromatic carbocycles.